The number of rotatable bonds is 8. The highest BCUT2D eigenvalue weighted by atomic mass is 16.2. The number of aryl methyl sites for hydroxylation is 1. The molecule has 5 rings (SSSR count). The van der Waals surface area contributed by atoms with E-state index in [9.17, 15) is 9.59 Å². The van der Waals surface area contributed by atoms with Crippen molar-refractivity contribution in [2.45, 2.75) is 58.3 Å². The summed E-state index contributed by atoms with van der Waals surface area (Å²) in [6, 6.07) is 21.0. The average Bonchev–Trinajstić information content (AvgIpc) is 3.42. The van der Waals surface area contributed by atoms with Gasteiger partial charge in [-0.15, -0.1) is 0 Å². The molecule has 0 radical (unpaired) electrons. The van der Waals surface area contributed by atoms with E-state index in [0.717, 1.165) is 48.4 Å². The second-order valence-corrected chi connectivity index (χ2v) is 12.1. The Bertz CT molecular complexity index is 1520. The van der Waals surface area contributed by atoms with E-state index in [0.29, 0.717) is 29.4 Å². The number of aromatic nitrogens is 3. The Hall–Kier alpha value is -4.30. The summed E-state index contributed by atoms with van der Waals surface area (Å²) in [5, 5.41) is 14.4. The second-order valence-electron chi connectivity index (χ2n) is 12.1. The van der Waals surface area contributed by atoms with Gasteiger partial charge in [-0.3, -0.25) is 15.1 Å². The Labute approximate surface area is 248 Å². The number of amides is 2. The lowest BCUT2D eigenvalue weighted by molar-refractivity contribution is 0.0959. The number of pyridine rings is 1. The monoisotopic (exact) mass is 564 g/mol. The standard InChI is InChI=1S/C34H40N6O2/c1-23-9-11-26(12-10-23)40-32(22-31(39-40)34(2,3)4)38-33(42)37-29-8-6-5-7-27(29)28(24-13-17-35-18-14-24)21-30(41)25-15-19-36-20-16-25/h5-12,15-16,19-20,22,24,28,35H,13-14,17-18,21H2,1-4H3,(H2,37,38,42). The van der Waals surface area contributed by atoms with E-state index in [1.54, 1.807) is 29.2 Å². The smallest absolute Gasteiger partial charge is 0.317 e. The number of benzene rings is 2. The first-order valence-electron chi connectivity index (χ1n) is 14.7. The van der Waals surface area contributed by atoms with E-state index in [1.165, 1.54) is 0 Å². The summed E-state index contributed by atoms with van der Waals surface area (Å²) >= 11 is 0. The van der Waals surface area contributed by atoms with Crippen molar-refractivity contribution in [3.8, 4) is 5.69 Å². The number of carbonyl (C=O) groups excluding carboxylic acids is 2. The predicted molar refractivity (Wildman–Crippen MR) is 168 cm³/mol. The van der Waals surface area contributed by atoms with Crippen LogP contribution in [0.1, 0.15) is 73.1 Å². The minimum atomic E-state index is -0.360. The van der Waals surface area contributed by atoms with Crippen LogP contribution in [0.4, 0.5) is 16.3 Å². The van der Waals surface area contributed by atoms with E-state index in [2.05, 4.69) is 41.7 Å². The molecule has 218 valence electrons. The minimum absolute atomic E-state index is 0.0326. The van der Waals surface area contributed by atoms with Gasteiger partial charge in [0.25, 0.3) is 0 Å². The molecular weight excluding hydrogens is 524 g/mol. The summed E-state index contributed by atoms with van der Waals surface area (Å²) in [5.74, 6) is 0.952. The van der Waals surface area contributed by atoms with Gasteiger partial charge in [0.05, 0.1) is 11.4 Å². The van der Waals surface area contributed by atoms with Gasteiger partial charge in [0.2, 0.25) is 0 Å². The molecule has 8 heteroatoms. The van der Waals surface area contributed by atoms with Crippen LogP contribution in [0, 0.1) is 12.8 Å². The first kappa shape index (κ1) is 29.2. The third-order valence-corrected chi connectivity index (χ3v) is 7.97. The SMILES string of the molecule is Cc1ccc(-n2nc(C(C)(C)C)cc2NC(=O)Nc2ccccc2C(CC(=O)c2ccncc2)C2CCNCC2)cc1. The zero-order chi connectivity index (χ0) is 29.7. The molecule has 0 aliphatic carbocycles. The average molecular weight is 565 g/mol. The molecule has 0 spiro atoms. The fourth-order valence-electron chi connectivity index (χ4n) is 5.56. The van der Waals surface area contributed by atoms with Gasteiger partial charge >= 0.3 is 6.03 Å². The molecule has 1 saturated heterocycles. The zero-order valence-electron chi connectivity index (χ0n) is 24.9. The molecule has 2 aromatic carbocycles. The maximum Gasteiger partial charge on any atom is 0.324 e. The van der Waals surface area contributed by atoms with Crippen molar-refractivity contribution in [3.05, 3.63) is 102 Å². The van der Waals surface area contributed by atoms with Gasteiger partial charge in [0.1, 0.15) is 5.82 Å². The highest BCUT2D eigenvalue weighted by molar-refractivity contribution is 6.00. The summed E-state index contributed by atoms with van der Waals surface area (Å²) in [4.78, 5) is 31.0. The van der Waals surface area contributed by atoms with Gasteiger partial charge in [-0.05, 0) is 80.6 Å². The van der Waals surface area contributed by atoms with Gasteiger partial charge < -0.3 is 10.6 Å². The number of ketones is 1. The van der Waals surface area contributed by atoms with Gasteiger partial charge in [0.15, 0.2) is 5.78 Å². The van der Waals surface area contributed by atoms with Crippen molar-refractivity contribution < 1.29 is 9.59 Å². The fourth-order valence-corrected chi connectivity index (χ4v) is 5.56. The summed E-state index contributed by atoms with van der Waals surface area (Å²) < 4.78 is 1.77. The van der Waals surface area contributed by atoms with E-state index in [4.69, 9.17) is 5.10 Å². The summed E-state index contributed by atoms with van der Waals surface area (Å²) in [5.41, 5.74) is 5.04. The molecule has 42 heavy (non-hydrogen) atoms. The Morgan fingerprint density at radius 1 is 0.976 bits per heavy atom. The fraction of sp³-hybridized carbons (Fsp3) is 0.353. The van der Waals surface area contributed by atoms with Crippen LogP contribution in [0.15, 0.2) is 79.1 Å². The van der Waals surface area contributed by atoms with E-state index in [1.807, 2.05) is 61.5 Å². The van der Waals surface area contributed by atoms with Crippen LogP contribution >= 0.6 is 0 Å². The summed E-state index contributed by atoms with van der Waals surface area (Å²) in [6.07, 6.45) is 5.61. The first-order chi connectivity index (χ1) is 20.2. The van der Waals surface area contributed by atoms with Crippen LogP contribution in [-0.4, -0.2) is 39.7 Å². The van der Waals surface area contributed by atoms with E-state index >= 15 is 0 Å². The largest absolute Gasteiger partial charge is 0.324 e. The molecule has 2 amide bonds. The molecule has 0 bridgehead atoms. The number of piperidine rings is 1. The van der Waals surface area contributed by atoms with Crippen LogP contribution in [-0.2, 0) is 5.41 Å². The summed E-state index contributed by atoms with van der Waals surface area (Å²) in [7, 11) is 0. The first-order valence-corrected chi connectivity index (χ1v) is 14.7. The topological polar surface area (TPSA) is 101 Å². The van der Waals surface area contributed by atoms with Crippen molar-refractivity contribution in [3.63, 3.8) is 0 Å². The maximum atomic E-state index is 13.5. The maximum absolute atomic E-state index is 13.5. The molecule has 1 unspecified atom stereocenters. The number of Topliss-reactive ketones (excluding diaryl/α,β-unsaturated/α-hetero) is 1. The van der Waals surface area contributed by atoms with Crippen LogP contribution in [0.25, 0.3) is 5.69 Å². The third kappa shape index (κ3) is 6.94. The molecule has 1 fully saturated rings. The van der Waals surface area contributed by atoms with Gasteiger partial charge in [-0.2, -0.15) is 5.10 Å². The number of urea groups is 1. The van der Waals surface area contributed by atoms with E-state index < -0.39 is 0 Å². The Morgan fingerprint density at radius 2 is 1.67 bits per heavy atom. The van der Waals surface area contributed by atoms with Crippen LogP contribution in [0.2, 0.25) is 0 Å². The van der Waals surface area contributed by atoms with Crippen LogP contribution < -0.4 is 16.0 Å². The minimum Gasteiger partial charge on any atom is -0.317 e. The highest BCUT2D eigenvalue weighted by Crippen LogP contribution is 2.38. The van der Waals surface area contributed by atoms with Gasteiger partial charge in [0, 0.05) is 41.5 Å². The molecule has 1 atom stereocenters. The lowest BCUT2D eigenvalue weighted by Crippen LogP contribution is -2.32. The molecular formula is C34H40N6O2. The number of nitrogens with one attached hydrogen (secondary N) is 3. The molecule has 1 aliphatic heterocycles. The molecule has 0 saturated carbocycles. The Morgan fingerprint density at radius 3 is 2.36 bits per heavy atom. The number of carbonyl (C=O) groups is 2. The normalized spacial score (nSPS) is 14.8. The van der Waals surface area contributed by atoms with Crippen LogP contribution in [0.5, 0.6) is 0 Å². The molecule has 8 nitrogen and oxygen atoms in total. The lowest BCUT2D eigenvalue weighted by Gasteiger charge is -2.32. The molecule has 3 N–H and O–H groups in total. The van der Waals surface area contributed by atoms with Crippen molar-refractivity contribution in [2.24, 2.45) is 5.92 Å². The molecule has 4 aromatic rings. The van der Waals surface area contributed by atoms with Crippen LogP contribution in [0.3, 0.4) is 0 Å². The Kier molecular flexibility index (Phi) is 8.83. The second kappa shape index (κ2) is 12.7. The molecule has 3 heterocycles. The molecule has 1 aliphatic rings. The van der Waals surface area contributed by atoms with Crippen molar-refractivity contribution in [1.29, 1.82) is 0 Å². The number of hydrogen-bond donors (Lipinski definition) is 3. The van der Waals surface area contributed by atoms with Gasteiger partial charge in [-0.25, -0.2) is 9.48 Å². The third-order valence-electron chi connectivity index (χ3n) is 7.97. The highest BCUT2D eigenvalue weighted by Gasteiger charge is 2.30. The summed E-state index contributed by atoms with van der Waals surface area (Å²) in [6.45, 7) is 10.2. The zero-order valence-corrected chi connectivity index (χ0v) is 24.9. The van der Waals surface area contributed by atoms with Crippen molar-refractivity contribution >= 4 is 23.3 Å². The number of anilines is 2. The number of para-hydroxylation sites is 1. The van der Waals surface area contributed by atoms with Gasteiger partial charge in [-0.1, -0.05) is 56.7 Å². The van der Waals surface area contributed by atoms with Crippen molar-refractivity contribution in [2.75, 3.05) is 23.7 Å². The quantitative estimate of drug-likeness (QED) is 0.203. The Balaban J connectivity index is 1.42. The molecule has 2 aromatic heterocycles. The van der Waals surface area contributed by atoms with Crippen molar-refractivity contribution in [1.82, 2.24) is 20.1 Å². The van der Waals surface area contributed by atoms with E-state index in [-0.39, 0.29) is 23.1 Å². The predicted octanol–water partition coefficient (Wildman–Crippen LogP) is 6.87. The number of nitrogens with zero attached hydrogens (tertiary/aromatic N) is 3. The lowest BCUT2D eigenvalue weighted by atomic mass is 9.76. The number of hydrogen-bond acceptors (Lipinski definition) is 5.